The van der Waals surface area contributed by atoms with Crippen LogP contribution < -0.4 is 4.74 Å². The van der Waals surface area contributed by atoms with E-state index in [4.69, 9.17) is 15.4 Å². The van der Waals surface area contributed by atoms with E-state index in [1.54, 1.807) is 6.07 Å². The lowest BCUT2D eigenvalue weighted by Gasteiger charge is -2.07. The van der Waals surface area contributed by atoms with Gasteiger partial charge in [-0.25, -0.2) is 8.42 Å². The van der Waals surface area contributed by atoms with Gasteiger partial charge in [-0.1, -0.05) is 0 Å². The highest BCUT2D eigenvalue weighted by atomic mass is 127. The highest BCUT2D eigenvalue weighted by molar-refractivity contribution is 14.1. The molecule has 0 aliphatic carbocycles. The zero-order chi connectivity index (χ0) is 10.9. The lowest BCUT2D eigenvalue weighted by Crippen LogP contribution is -1.98. The van der Waals surface area contributed by atoms with Crippen LogP contribution in [0, 0.1) is 7.14 Å². The van der Waals surface area contributed by atoms with E-state index in [9.17, 15) is 8.42 Å². The minimum Gasteiger partial charge on any atom is -0.495 e. The van der Waals surface area contributed by atoms with E-state index in [0.29, 0.717) is 0 Å². The van der Waals surface area contributed by atoms with Crippen LogP contribution >= 0.6 is 55.9 Å². The van der Waals surface area contributed by atoms with Crippen molar-refractivity contribution in [2.45, 2.75) is 4.90 Å². The van der Waals surface area contributed by atoms with Crippen molar-refractivity contribution < 1.29 is 13.2 Å². The second-order valence-corrected chi connectivity index (χ2v) is 7.21. The number of hydrogen-bond donors (Lipinski definition) is 0. The third kappa shape index (κ3) is 2.86. The topological polar surface area (TPSA) is 43.4 Å². The fourth-order valence-electron chi connectivity index (χ4n) is 0.860. The van der Waals surface area contributed by atoms with Crippen LogP contribution in [0.25, 0.3) is 0 Å². The molecule has 0 fully saturated rings. The number of ether oxygens (including phenoxy) is 1. The van der Waals surface area contributed by atoms with Crippen molar-refractivity contribution in [1.29, 1.82) is 0 Å². The molecule has 7 heteroatoms. The van der Waals surface area contributed by atoms with E-state index >= 15 is 0 Å². The minimum atomic E-state index is -3.75. The Kier molecular flexibility index (Phi) is 4.30. The summed E-state index contributed by atoms with van der Waals surface area (Å²) in [5.74, 6) is 0.268. The lowest BCUT2D eigenvalue weighted by molar-refractivity contribution is 0.402. The molecule has 0 radical (unpaired) electrons. The molecular formula is C7H5ClI2O3S. The van der Waals surface area contributed by atoms with Gasteiger partial charge in [0, 0.05) is 17.8 Å². The summed E-state index contributed by atoms with van der Waals surface area (Å²) in [6.45, 7) is 0. The first-order chi connectivity index (χ1) is 6.36. The Balaban J connectivity index is 3.51. The SMILES string of the molecule is COc1cc(I)c(I)cc1S(=O)(=O)Cl. The summed E-state index contributed by atoms with van der Waals surface area (Å²) in [6.07, 6.45) is 0. The van der Waals surface area contributed by atoms with Crippen molar-refractivity contribution in [3.05, 3.63) is 19.3 Å². The molecule has 14 heavy (non-hydrogen) atoms. The second kappa shape index (κ2) is 4.71. The molecule has 1 rings (SSSR count). The van der Waals surface area contributed by atoms with Gasteiger partial charge >= 0.3 is 0 Å². The Morgan fingerprint density at radius 2 is 1.79 bits per heavy atom. The molecular weight excluding hydrogens is 453 g/mol. The predicted molar refractivity (Wildman–Crippen MR) is 71.5 cm³/mol. The molecule has 78 valence electrons. The van der Waals surface area contributed by atoms with Crippen LogP contribution in [0.5, 0.6) is 5.75 Å². The third-order valence-electron chi connectivity index (χ3n) is 1.47. The molecule has 0 atom stereocenters. The molecule has 0 saturated carbocycles. The van der Waals surface area contributed by atoms with Crippen LogP contribution in [0.1, 0.15) is 0 Å². The summed E-state index contributed by atoms with van der Waals surface area (Å²) in [4.78, 5) is 0.00600. The summed E-state index contributed by atoms with van der Waals surface area (Å²) in [7, 11) is 2.91. The Bertz CT molecular complexity index is 458. The maximum Gasteiger partial charge on any atom is 0.265 e. The molecule has 3 nitrogen and oxygen atoms in total. The van der Waals surface area contributed by atoms with Gasteiger partial charge in [0.1, 0.15) is 10.6 Å². The zero-order valence-electron chi connectivity index (χ0n) is 6.92. The summed E-state index contributed by atoms with van der Waals surface area (Å²) in [5, 5.41) is 0. The molecule has 1 aromatic carbocycles. The quantitative estimate of drug-likeness (QED) is 0.506. The van der Waals surface area contributed by atoms with Crippen LogP contribution in [-0.2, 0) is 9.05 Å². The molecule has 1 aromatic rings. The summed E-state index contributed by atoms with van der Waals surface area (Å²) in [5.41, 5.74) is 0. The van der Waals surface area contributed by atoms with Gasteiger partial charge in [0.25, 0.3) is 9.05 Å². The van der Waals surface area contributed by atoms with Crippen LogP contribution in [-0.4, -0.2) is 15.5 Å². The summed E-state index contributed by atoms with van der Waals surface area (Å²) < 4.78 is 29.0. The predicted octanol–water partition coefficient (Wildman–Crippen LogP) is 2.83. The molecule has 0 amide bonds. The Hall–Kier alpha value is 0.720. The number of hydrogen-bond acceptors (Lipinski definition) is 3. The first-order valence-corrected chi connectivity index (χ1v) is 7.80. The Morgan fingerprint density at radius 3 is 2.21 bits per heavy atom. The van der Waals surface area contributed by atoms with E-state index < -0.39 is 9.05 Å². The Labute approximate surface area is 114 Å². The fourth-order valence-corrected chi connectivity index (χ4v) is 2.98. The van der Waals surface area contributed by atoms with E-state index in [0.717, 1.165) is 7.14 Å². The van der Waals surface area contributed by atoms with Crippen LogP contribution in [0.2, 0.25) is 0 Å². The van der Waals surface area contributed by atoms with Crippen LogP contribution in [0.3, 0.4) is 0 Å². The van der Waals surface area contributed by atoms with Gasteiger partial charge in [-0.3, -0.25) is 0 Å². The van der Waals surface area contributed by atoms with Gasteiger partial charge < -0.3 is 4.74 Å². The fraction of sp³-hybridized carbons (Fsp3) is 0.143. The molecule has 0 bridgehead atoms. The van der Waals surface area contributed by atoms with Gasteiger partial charge in [-0.05, 0) is 57.3 Å². The van der Waals surface area contributed by atoms with Gasteiger partial charge in [0.15, 0.2) is 0 Å². The molecule has 0 aliphatic heterocycles. The first kappa shape index (κ1) is 12.8. The van der Waals surface area contributed by atoms with Crippen molar-refractivity contribution >= 4 is 64.9 Å². The van der Waals surface area contributed by atoms with Crippen molar-refractivity contribution in [1.82, 2.24) is 0 Å². The van der Waals surface area contributed by atoms with Crippen LogP contribution in [0.15, 0.2) is 17.0 Å². The molecule has 0 unspecified atom stereocenters. The molecule has 0 spiro atoms. The molecule has 0 heterocycles. The van der Waals surface area contributed by atoms with Crippen molar-refractivity contribution in [3.8, 4) is 5.75 Å². The smallest absolute Gasteiger partial charge is 0.265 e. The van der Waals surface area contributed by atoms with Crippen molar-refractivity contribution in [2.75, 3.05) is 7.11 Å². The van der Waals surface area contributed by atoms with Gasteiger partial charge in [0.2, 0.25) is 0 Å². The van der Waals surface area contributed by atoms with E-state index in [1.165, 1.54) is 13.2 Å². The third-order valence-corrected chi connectivity index (χ3v) is 5.63. The first-order valence-electron chi connectivity index (χ1n) is 3.34. The second-order valence-electron chi connectivity index (χ2n) is 2.36. The monoisotopic (exact) mass is 458 g/mol. The standard InChI is InChI=1S/C7H5ClI2O3S/c1-13-6-2-4(9)5(10)3-7(6)14(8,11)12/h2-3H,1H3. The molecule has 0 aliphatic rings. The van der Waals surface area contributed by atoms with Crippen molar-refractivity contribution in [3.63, 3.8) is 0 Å². The number of rotatable bonds is 2. The molecule has 0 N–H and O–H groups in total. The normalized spacial score (nSPS) is 11.4. The average molecular weight is 458 g/mol. The number of benzene rings is 1. The van der Waals surface area contributed by atoms with E-state index in [-0.39, 0.29) is 10.6 Å². The van der Waals surface area contributed by atoms with Gasteiger partial charge in [-0.2, -0.15) is 0 Å². The number of methoxy groups -OCH3 is 1. The highest BCUT2D eigenvalue weighted by Gasteiger charge is 2.18. The van der Waals surface area contributed by atoms with E-state index in [1.807, 2.05) is 22.6 Å². The molecule has 0 aromatic heterocycles. The molecule has 0 saturated heterocycles. The maximum absolute atomic E-state index is 11.2. The lowest BCUT2D eigenvalue weighted by atomic mass is 10.3. The number of halogens is 3. The van der Waals surface area contributed by atoms with Gasteiger partial charge in [-0.15, -0.1) is 0 Å². The maximum atomic E-state index is 11.2. The van der Waals surface area contributed by atoms with Crippen LogP contribution in [0.4, 0.5) is 0 Å². The van der Waals surface area contributed by atoms with E-state index in [2.05, 4.69) is 22.6 Å². The minimum absolute atomic E-state index is 0.00600. The largest absolute Gasteiger partial charge is 0.495 e. The highest BCUT2D eigenvalue weighted by Crippen LogP contribution is 2.31. The summed E-state index contributed by atoms with van der Waals surface area (Å²) in [6, 6.07) is 3.13. The van der Waals surface area contributed by atoms with Gasteiger partial charge in [0.05, 0.1) is 7.11 Å². The average Bonchev–Trinajstić information content (AvgIpc) is 2.07. The Morgan fingerprint density at radius 1 is 1.29 bits per heavy atom. The zero-order valence-corrected chi connectivity index (χ0v) is 12.8. The summed E-state index contributed by atoms with van der Waals surface area (Å²) >= 11 is 4.13. The van der Waals surface area contributed by atoms with Crippen molar-refractivity contribution in [2.24, 2.45) is 0 Å².